The SMILES string of the molecule is CC(C)(C)C(=O)N1CCOc2ccc(NC(=O)C=Cc3ccc(Br)o3)cc21. The average molecular weight is 433 g/mol. The van der Waals surface area contributed by atoms with Crippen molar-refractivity contribution in [1.29, 1.82) is 0 Å². The number of benzene rings is 1. The third-order valence-corrected chi connectivity index (χ3v) is 4.40. The third-order valence-electron chi connectivity index (χ3n) is 3.97. The first kappa shape index (κ1) is 19.2. The van der Waals surface area contributed by atoms with Crippen molar-refractivity contribution in [3.8, 4) is 5.75 Å². The number of rotatable bonds is 3. The first-order valence-electron chi connectivity index (χ1n) is 8.57. The van der Waals surface area contributed by atoms with Crippen molar-refractivity contribution in [2.45, 2.75) is 20.8 Å². The molecule has 0 spiro atoms. The fraction of sp³-hybridized carbons (Fsp3) is 0.300. The van der Waals surface area contributed by atoms with Crippen LogP contribution in [0.2, 0.25) is 0 Å². The smallest absolute Gasteiger partial charge is 0.248 e. The van der Waals surface area contributed by atoms with E-state index in [1.54, 1.807) is 41.3 Å². The maximum absolute atomic E-state index is 12.7. The fourth-order valence-corrected chi connectivity index (χ4v) is 2.99. The van der Waals surface area contributed by atoms with Crippen LogP contribution in [0.3, 0.4) is 0 Å². The minimum absolute atomic E-state index is 0.0128. The Morgan fingerprint density at radius 2 is 2.00 bits per heavy atom. The monoisotopic (exact) mass is 432 g/mol. The molecule has 27 heavy (non-hydrogen) atoms. The maximum Gasteiger partial charge on any atom is 0.248 e. The van der Waals surface area contributed by atoms with E-state index in [2.05, 4.69) is 21.2 Å². The van der Waals surface area contributed by atoms with Gasteiger partial charge >= 0.3 is 0 Å². The highest BCUT2D eigenvalue weighted by Crippen LogP contribution is 2.36. The number of fused-ring (bicyclic) bond motifs is 1. The summed E-state index contributed by atoms with van der Waals surface area (Å²) in [6, 6.07) is 8.77. The first-order valence-corrected chi connectivity index (χ1v) is 9.36. The molecule has 0 saturated carbocycles. The highest BCUT2D eigenvalue weighted by Gasteiger charge is 2.31. The molecule has 0 radical (unpaired) electrons. The van der Waals surface area contributed by atoms with E-state index < -0.39 is 5.41 Å². The Balaban J connectivity index is 1.77. The van der Waals surface area contributed by atoms with E-state index in [0.29, 0.717) is 40.7 Å². The molecule has 2 heterocycles. The molecule has 1 aromatic carbocycles. The van der Waals surface area contributed by atoms with Gasteiger partial charge in [-0.2, -0.15) is 0 Å². The molecule has 7 heteroatoms. The Hall–Kier alpha value is -2.54. The molecule has 1 aromatic heterocycles. The first-order chi connectivity index (χ1) is 12.7. The molecule has 2 amide bonds. The Morgan fingerprint density at radius 1 is 1.22 bits per heavy atom. The minimum atomic E-state index is -0.506. The molecule has 3 rings (SSSR count). The molecular weight excluding hydrogens is 412 g/mol. The van der Waals surface area contributed by atoms with Crippen LogP contribution in [0.5, 0.6) is 5.75 Å². The number of amides is 2. The van der Waals surface area contributed by atoms with Crippen LogP contribution in [0.15, 0.2) is 45.5 Å². The summed E-state index contributed by atoms with van der Waals surface area (Å²) in [7, 11) is 0. The van der Waals surface area contributed by atoms with Gasteiger partial charge in [-0.1, -0.05) is 20.8 Å². The number of nitrogens with one attached hydrogen (secondary N) is 1. The Bertz CT molecular complexity index is 896. The molecule has 0 bridgehead atoms. The quantitative estimate of drug-likeness (QED) is 0.726. The zero-order valence-corrected chi connectivity index (χ0v) is 17.0. The molecule has 142 valence electrons. The number of hydrogen-bond acceptors (Lipinski definition) is 4. The highest BCUT2D eigenvalue weighted by atomic mass is 79.9. The van der Waals surface area contributed by atoms with Crippen LogP contribution in [0.1, 0.15) is 26.5 Å². The van der Waals surface area contributed by atoms with E-state index in [9.17, 15) is 9.59 Å². The van der Waals surface area contributed by atoms with Crippen LogP contribution in [-0.2, 0) is 9.59 Å². The van der Waals surface area contributed by atoms with Crippen molar-refractivity contribution in [3.05, 3.63) is 46.8 Å². The summed E-state index contributed by atoms with van der Waals surface area (Å²) in [5.74, 6) is 0.914. The van der Waals surface area contributed by atoms with Crippen LogP contribution in [0.4, 0.5) is 11.4 Å². The van der Waals surface area contributed by atoms with Crippen LogP contribution in [-0.4, -0.2) is 25.0 Å². The molecule has 1 aliphatic heterocycles. The summed E-state index contributed by atoms with van der Waals surface area (Å²) < 4.78 is 11.6. The lowest BCUT2D eigenvalue weighted by Crippen LogP contribution is -2.44. The largest absolute Gasteiger partial charge is 0.490 e. The van der Waals surface area contributed by atoms with Crippen LogP contribution in [0.25, 0.3) is 6.08 Å². The van der Waals surface area contributed by atoms with Gasteiger partial charge in [0.25, 0.3) is 0 Å². The number of nitrogens with zero attached hydrogens (tertiary/aromatic N) is 1. The van der Waals surface area contributed by atoms with Crippen molar-refractivity contribution in [1.82, 2.24) is 0 Å². The molecular formula is C20H21BrN2O4. The van der Waals surface area contributed by atoms with Gasteiger partial charge in [-0.15, -0.1) is 0 Å². The van der Waals surface area contributed by atoms with Crippen molar-refractivity contribution in [2.75, 3.05) is 23.4 Å². The second kappa shape index (κ2) is 7.60. The summed E-state index contributed by atoms with van der Waals surface area (Å²) in [4.78, 5) is 26.6. The minimum Gasteiger partial charge on any atom is -0.490 e. The second-order valence-electron chi connectivity index (χ2n) is 7.20. The Morgan fingerprint density at radius 3 is 2.67 bits per heavy atom. The van der Waals surface area contributed by atoms with Gasteiger partial charge in [-0.3, -0.25) is 9.59 Å². The summed E-state index contributed by atoms with van der Waals surface area (Å²) in [6.07, 6.45) is 2.97. The molecule has 1 N–H and O–H groups in total. The van der Waals surface area contributed by atoms with Crippen molar-refractivity contribution in [3.63, 3.8) is 0 Å². The molecule has 0 unspecified atom stereocenters. The van der Waals surface area contributed by atoms with Gasteiger partial charge in [0.2, 0.25) is 11.8 Å². The summed E-state index contributed by atoms with van der Waals surface area (Å²) >= 11 is 3.21. The topological polar surface area (TPSA) is 71.8 Å². The van der Waals surface area contributed by atoms with E-state index in [-0.39, 0.29) is 11.8 Å². The fourth-order valence-electron chi connectivity index (χ4n) is 2.67. The van der Waals surface area contributed by atoms with Crippen LogP contribution in [0, 0.1) is 5.41 Å². The van der Waals surface area contributed by atoms with E-state index >= 15 is 0 Å². The lowest BCUT2D eigenvalue weighted by Gasteiger charge is -2.34. The predicted octanol–water partition coefficient (Wildman–Crippen LogP) is 4.47. The number of halogens is 1. The summed E-state index contributed by atoms with van der Waals surface area (Å²) in [6.45, 7) is 6.57. The summed E-state index contributed by atoms with van der Waals surface area (Å²) in [5.41, 5.74) is 0.743. The number of furan rings is 1. The normalized spacial score (nSPS) is 14.0. The number of anilines is 2. The standard InChI is InChI=1S/C20H21BrN2O4/c1-20(2,3)19(25)23-10-11-26-16-7-4-13(12-15(16)23)22-18(24)9-6-14-5-8-17(21)27-14/h4-9,12H,10-11H2,1-3H3,(H,22,24). The maximum atomic E-state index is 12.7. The van der Waals surface area contributed by atoms with Gasteiger partial charge in [-0.05, 0) is 52.3 Å². The molecule has 6 nitrogen and oxygen atoms in total. The zero-order valence-electron chi connectivity index (χ0n) is 15.4. The highest BCUT2D eigenvalue weighted by molar-refractivity contribution is 9.10. The van der Waals surface area contributed by atoms with E-state index in [1.807, 2.05) is 20.8 Å². The zero-order chi connectivity index (χ0) is 19.6. The molecule has 2 aromatic rings. The lowest BCUT2D eigenvalue weighted by atomic mass is 9.94. The molecule has 0 aliphatic carbocycles. The number of carbonyl (C=O) groups excluding carboxylic acids is 2. The van der Waals surface area contributed by atoms with Gasteiger partial charge in [0, 0.05) is 17.2 Å². The average Bonchev–Trinajstić information content (AvgIpc) is 3.03. The Labute approximate surface area is 166 Å². The van der Waals surface area contributed by atoms with Crippen molar-refractivity contribution < 1.29 is 18.7 Å². The molecule has 1 aliphatic rings. The van der Waals surface area contributed by atoms with Crippen molar-refractivity contribution in [2.24, 2.45) is 5.41 Å². The van der Waals surface area contributed by atoms with Crippen LogP contribution >= 0.6 is 15.9 Å². The van der Waals surface area contributed by atoms with Gasteiger partial charge in [0.05, 0.1) is 12.2 Å². The van der Waals surface area contributed by atoms with Gasteiger partial charge < -0.3 is 19.4 Å². The van der Waals surface area contributed by atoms with Gasteiger partial charge in [-0.25, -0.2) is 0 Å². The van der Waals surface area contributed by atoms with Gasteiger partial charge in [0.15, 0.2) is 4.67 Å². The number of hydrogen-bond donors (Lipinski definition) is 1. The lowest BCUT2D eigenvalue weighted by molar-refractivity contribution is -0.126. The number of ether oxygens (including phenoxy) is 1. The van der Waals surface area contributed by atoms with E-state index in [0.717, 1.165) is 0 Å². The number of carbonyl (C=O) groups is 2. The molecule has 0 fully saturated rings. The van der Waals surface area contributed by atoms with Gasteiger partial charge in [0.1, 0.15) is 18.1 Å². The van der Waals surface area contributed by atoms with E-state index in [1.165, 1.54) is 6.08 Å². The van der Waals surface area contributed by atoms with E-state index in [4.69, 9.17) is 9.15 Å². The van der Waals surface area contributed by atoms with Crippen LogP contribution < -0.4 is 15.0 Å². The third kappa shape index (κ3) is 4.60. The van der Waals surface area contributed by atoms with Crippen molar-refractivity contribution >= 4 is 45.2 Å². The Kier molecular flexibility index (Phi) is 5.41. The summed E-state index contributed by atoms with van der Waals surface area (Å²) in [5, 5.41) is 2.79. The molecule has 0 saturated heterocycles. The molecule has 0 atom stereocenters. The second-order valence-corrected chi connectivity index (χ2v) is 7.98. The predicted molar refractivity (Wildman–Crippen MR) is 108 cm³/mol.